The van der Waals surface area contributed by atoms with Crippen LogP contribution in [0.15, 0.2) is 24.0 Å². The van der Waals surface area contributed by atoms with Crippen molar-refractivity contribution in [3.05, 3.63) is 24.0 Å². The smallest absolute Gasteiger partial charge is 0.0324 e. The summed E-state index contributed by atoms with van der Waals surface area (Å²) in [5, 5.41) is 3.21. The summed E-state index contributed by atoms with van der Waals surface area (Å²) < 4.78 is 0. The average Bonchev–Trinajstić information content (AvgIpc) is 2.28. The first-order valence-electron chi connectivity index (χ1n) is 3.56. The van der Waals surface area contributed by atoms with Crippen molar-refractivity contribution in [1.29, 1.82) is 0 Å². The van der Waals surface area contributed by atoms with Crippen molar-refractivity contribution in [3.63, 3.8) is 0 Å². The summed E-state index contributed by atoms with van der Waals surface area (Å²) in [7, 11) is 0. The van der Waals surface area contributed by atoms with Crippen LogP contribution in [0.25, 0.3) is 0 Å². The van der Waals surface area contributed by atoms with Crippen LogP contribution in [0.5, 0.6) is 0 Å². The summed E-state index contributed by atoms with van der Waals surface area (Å²) in [6.45, 7) is 2.06. The van der Waals surface area contributed by atoms with Crippen LogP contribution >= 0.6 is 0 Å². The molecule has 2 rings (SSSR count). The van der Waals surface area contributed by atoms with Gasteiger partial charge in [-0.15, -0.1) is 0 Å². The van der Waals surface area contributed by atoms with E-state index in [9.17, 15) is 0 Å². The first-order valence-corrected chi connectivity index (χ1v) is 3.56. The molecular formula is C7H11N3. The molecule has 0 spiro atoms. The lowest BCUT2D eigenvalue weighted by Gasteiger charge is -2.05. The van der Waals surface area contributed by atoms with Gasteiger partial charge in [0.25, 0.3) is 0 Å². The van der Waals surface area contributed by atoms with Crippen molar-refractivity contribution in [2.45, 2.75) is 0 Å². The second-order valence-electron chi connectivity index (χ2n) is 2.59. The first kappa shape index (κ1) is 5.80. The minimum atomic E-state index is 0.620. The highest BCUT2D eigenvalue weighted by atomic mass is 15.4. The highest BCUT2D eigenvalue weighted by Gasteiger charge is 2.19. The minimum Gasteiger partial charge on any atom is -0.390 e. The van der Waals surface area contributed by atoms with Crippen molar-refractivity contribution in [2.24, 2.45) is 5.92 Å². The number of hydrogen-bond donors (Lipinski definition) is 3. The molecule has 2 heterocycles. The van der Waals surface area contributed by atoms with E-state index >= 15 is 0 Å². The Balaban J connectivity index is 2.18. The van der Waals surface area contributed by atoms with Crippen LogP contribution in [0.1, 0.15) is 0 Å². The van der Waals surface area contributed by atoms with E-state index in [4.69, 9.17) is 0 Å². The third kappa shape index (κ3) is 0.885. The van der Waals surface area contributed by atoms with Gasteiger partial charge in [-0.2, -0.15) is 0 Å². The lowest BCUT2D eigenvalue weighted by atomic mass is 10.1. The van der Waals surface area contributed by atoms with E-state index in [1.807, 2.05) is 12.3 Å². The van der Waals surface area contributed by atoms with Gasteiger partial charge in [0.15, 0.2) is 0 Å². The molecule has 0 radical (unpaired) electrons. The number of allylic oxidation sites excluding steroid dienone is 2. The fraction of sp³-hybridized carbons (Fsp3) is 0.429. The van der Waals surface area contributed by atoms with Gasteiger partial charge in [-0.3, -0.25) is 0 Å². The molecule has 0 aromatic rings. The van der Waals surface area contributed by atoms with Crippen LogP contribution < -0.4 is 16.2 Å². The van der Waals surface area contributed by atoms with Crippen LogP contribution in [0, 0.1) is 5.92 Å². The Morgan fingerprint density at radius 3 is 3.40 bits per heavy atom. The zero-order chi connectivity index (χ0) is 6.81. The van der Waals surface area contributed by atoms with Crippen molar-refractivity contribution in [1.82, 2.24) is 16.2 Å². The number of fused-ring (bicyclic) bond motifs is 1. The molecule has 2 aliphatic heterocycles. The second kappa shape index (κ2) is 2.34. The molecule has 1 unspecified atom stereocenters. The average molecular weight is 137 g/mol. The number of hydrogen-bond acceptors (Lipinski definition) is 3. The fourth-order valence-electron chi connectivity index (χ4n) is 1.28. The maximum absolute atomic E-state index is 3.21. The van der Waals surface area contributed by atoms with Gasteiger partial charge in [-0.05, 0) is 18.4 Å². The minimum absolute atomic E-state index is 0.620. The molecule has 1 atom stereocenters. The lowest BCUT2D eigenvalue weighted by molar-refractivity contribution is 0.617. The largest absolute Gasteiger partial charge is 0.390 e. The monoisotopic (exact) mass is 137 g/mol. The number of hydrazine groups is 1. The molecule has 1 saturated heterocycles. The van der Waals surface area contributed by atoms with Crippen LogP contribution in [0.2, 0.25) is 0 Å². The number of nitrogens with one attached hydrogen (secondary N) is 3. The lowest BCUT2D eigenvalue weighted by Crippen LogP contribution is -2.21. The molecular weight excluding hydrogens is 126 g/mol. The molecule has 0 aliphatic carbocycles. The Hall–Kier alpha value is -0.960. The quantitative estimate of drug-likeness (QED) is 0.429. The van der Waals surface area contributed by atoms with E-state index in [2.05, 4.69) is 22.2 Å². The van der Waals surface area contributed by atoms with E-state index in [0.29, 0.717) is 5.92 Å². The van der Waals surface area contributed by atoms with Crippen molar-refractivity contribution in [3.8, 4) is 0 Å². The van der Waals surface area contributed by atoms with Crippen LogP contribution in [-0.4, -0.2) is 13.1 Å². The SMILES string of the molecule is C1=CNCC2CNNC2=C1. The van der Waals surface area contributed by atoms with Gasteiger partial charge in [-0.1, -0.05) is 0 Å². The van der Waals surface area contributed by atoms with E-state index in [0.717, 1.165) is 13.1 Å². The molecule has 3 nitrogen and oxygen atoms in total. The zero-order valence-corrected chi connectivity index (χ0v) is 5.72. The summed E-state index contributed by atoms with van der Waals surface area (Å²) in [4.78, 5) is 0. The topological polar surface area (TPSA) is 36.1 Å². The Kier molecular flexibility index (Phi) is 1.36. The fourth-order valence-corrected chi connectivity index (χ4v) is 1.28. The van der Waals surface area contributed by atoms with Gasteiger partial charge in [-0.25, -0.2) is 5.43 Å². The van der Waals surface area contributed by atoms with Crippen molar-refractivity contribution >= 4 is 0 Å². The zero-order valence-electron chi connectivity index (χ0n) is 5.72. The van der Waals surface area contributed by atoms with Gasteiger partial charge in [0.1, 0.15) is 0 Å². The first-order chi connectivity index (χ1) is 4.97. The second-order valence-corrected chi connectivity index (χ2v) is 2.59. The van der Waals surface area contributed by atoms with E-state index in [-0.39, 0.29) is 0 Å². The molecule has 0 bridgehead atoms. The summed E-state index contributed by atoms with van der Waals surface area (Å²) >= 11 is 0. The van der Waals surface area contributed by atoms with Crippen LogP contribution in [0.4, 0.5) is 0 Å². The maximum atomic E-state index is 3.21. The van der Waals surface area contributed by atoms with Gasteiger partial charge in [0, 0.05) is 24.7 Å². The highest BCUT2D eigenvalue weighted by molar-refractivity contribution is 5.18. The van der Waals surface area contributed by atoms with Crippen LogP contribution in [-0.2, 0) is 0 Å². The van der Waals surface area contributed by atoms with Gasteiger partial charge in [0.2, 0.25) is 0 Å². The Labute approximate surface area is 60.2 Å². The Morgan fingerprint density at radius 1 is 1.40 bits per heavy atom. The molecule has 0 saturated carbocycles. The normalized spacial score (nSPS) is 29.6. The molecule has 0 aromatic carbocycles. The summed E-state index contributed by atoms with van der Waals surface area (Å²) in [5.41, 5.74) is 7.51. The van der Waals surface area contributed by atoms with Gasteiger partial charge >= 0.3 is 0 Å². The molecule has 3 heteroatoms. The Bertz CT molecular complexity index is 183. The van der Waals surface area contributed by atoms with E-state index in [1.165, 1.54) is 5.70 Å². The molecule has 54 valence electrons. The van der Waals surface area contributed by atoms with Gasteiger partial charge < -0.3 is 10.7 Å². The molecule has 10 heavy (non-hydrogen) atoms. The van der Waals surface area contributed by atoms with Crippen molar-refractivity contribution < 1.29 is 0 Å². The third-order valence-electron chi connectivity index (χ3n) is 1.88. The molecule has 0 aromatic heterocycles. The number of rotatable bonds is 0. The van der Waals surface area contributed by atoms with E-state index in [1.54, 1.807) is 0 Å². The van der Waals surface area contributed by atoms with Crippen molar-refractivity contribution in [2.75, 3.05) is 13.1 Å². The molecule has 0 amide bonds. The summed E-state index contributed by atoms with van der Waals surface area (Å²) in [6.07, 6.45) is 6.10. The Morgan fingerprint density at radius 2 is 2.40 bits per heavy atom. The predicted molar refractivity (Wildman–Crippen MR) is 39.9 cm³/mol. The van der Waals surface area contributed by atoms with E-state index < -0.39 is 0 Å². The highest BCUT2D eigenvalue weighted by Crippen LogP contribution is 2.11. The van der Waals surface area contributed by atoms with Gasteiger partial charge in [0.05, 0.1) is 0 Å². The summed E-state index contributed by atoms with van der Waals surface area (Å²) in [5.74, 6) is 0.620. The maximum Gasteiger partial charge on any atom is 0.0324 e. The third-order valence-corrected chi connectivity index (χ3v) is 1.88. The molecule has 3 N–H and O–H groups in total. The standard InChI is InChI=1S/C7H11N3/c1-2-7-6(4-8-3-1)5-9-10-7/h1-3,6,8-10H,4-5H2. The molecule has 2 aliphatic rings. The summed E-state index contributed by atoms with van der Waals surface area (Å²) in [6, 6.07) is 0. The molecule has 1 fully saturated rings. The van der Waals surface area contributed by atoms with Crippen LogP contribution in [0.3, 0.4) is 0 Å². The predicted octanol–water partition coefficient (Wildman–Crippen LogP) is -0.289.